The molecule has 0 unspecified atom stereocenters. The number of carbonyl (C=O) groups excluding carboxylic acids is 3. The van der Waals surface area contributed by atoms with Crippen LogP contribution in [0.3, 0.4) is 0 Å². The first-order chi connectivity index (χ1) is 13.3. The fraction of sp³-hybridized carbons (Fsp3) is 0.167. The maximum absolute atomic E-state index is 11.9. The lowest BCUT2D eigenvalue weighted by Gasteiger charge is -2.14. The van der Waals surface area contributed by atoms with E-state index >= 15 is 0 Å². The summed E-state index contributed by atoms with van der Waals surface area (Å²) in [5.41, 5.74) is 0.567. The third kappa shape index (κ3) is 6.41. The molecule has 0 aliphatic rings. The zero-order valence-corrected chi connectivity index (χ0v) is 14.9. The van der Waals surface area contributed by atoms with Crippen LogP contribution in [-0.2, 0) is 14.3 Å². The molecule has 10 heteroatoms. The Morgan fingerprint density at radius 1 is 1.04 bits per heavy atom. The number of esters is 1. The van der Waals surface area contributed by atoms with Crippen LogP contribution in [-0.4, -0.2) is 35.5 Å². The van der Waals surface area contributed by atoms with E-state index in [0.29, 0.717) is 5.69 Å². The predicted octanol–water partition coefficient (Wildman–Crippen LogP) is 2.29. The Kier molecular flexibility index (Phi) is 7.03. The van der Waals surface area contributed by atoms with E-state index in [0.717, 1.165) is 0 Å². The molecule has 3 amide bonds. The van der Waals surface area contributed by atoms with Crippen molar-refractivity contribution in [3.8, 4) is 0 Å². The molecular weight excluding hydrogens is 368 g/mol. The maximum atomic E-state index is 11.9. The molecular formula is C18H18N4O6. The van der Waals surface area contributed by atoms with Gasteiger partial charge in [0, 0.05) is 23.5 Å². The van der Waals surface area contributed by atoms with E-state index in [1.165, 1.54) is 31.2 Å². The van der Waals surface area contributed by atoms with Crippen molar-refractivity contribution in [2.24, 2.45) is 0 Å². The van der Waals surface area contributed by atoms with Crippen molar-refractivity contribution >= 4 is 35.0 Å². The van der Waals surface area contributed by atoms with Crippen molar-refractivity contribution < 1.29 is 24.0 Å². The third-order valence-corrected chi connectivity index (χ3v) is 3.42. The number of hydrogen-bond acceptors (Lipinski definition) is 6. The molecule has 2 aromatic carbocycles. The van der Waals surface area contributed by atoms with Gasteiger partial charge in [-0.05, 0) is 25.1 Å². The average Bonchev–Trinajstić information content (AvgIpc) is 2.66. The highest BCUT2D eigenvalue weighted by Gasteiger charge is 2.18. The van der Waals surface area contributed by atoms with Gasteiger partial charge in [-0.25, -0.2) is 9.59 Å². The van der Waals surface area contributed by atoms with Crippen molar-refractivity contribution in [1.29, 1.82) is 0 Å². The van der Waals surface area contributed by atoms with Gasteiger partial charge in [-0.2, -0.15) is 0 Å². The maximum Gasteiger partial charge on any atom is 0.328 e. The lowest BCUT2D eigenvalue weighted by atomic mass is 10.3. The molecule has 0 saturated heterocycles. The van der Waals surface area contributed by atoms with Crippen LogP contribution in [0, 0.1) is 10.1 Å². The van der Waals surface area contributed by atoms with E-state index in [9.17, 15) is 24.5 Å². The second kappa shape index (κ2) is 9.67. The quantitative estimate of drug-likeness (QED) is 0.379. The Bertz CT molecular complexity index is 871. The summed E-state index contributed by atoms with van der Waals surface area (Å²) in [6.45, 7) is 0.805. The van der Waals surface area contributed by atoms with Crippen molar-refractivity contribution in [1.82, 2.24) is 5.32 Å². The minimum absolute atomic E-state index is 0.183. The van der Waals surface area contributed by atoms with E-state index in [4.69, 9.17) is 4.74 Å². The van der Waals surface area contributed by atoms with E-state index in [-0.39, 0.29) is 11.4 Å². The highest BCUT2D eigenvalue weighted by Crippen LogP contribution is 2.16. The first kappa shape index (κ1) is 20.4. The van der Waals surface area contributed by atoms with Gasteiger partial charge in [-0.15, -0.1) is 0 Å². The molecule has 0 aromatic heterocycles. The van der Waals surface area contributed by atoms with Gasteiger partial charge in [0.05, 0.1) is 4.92 Å². The molecule has 0 saturated carbocycles. The van der Waals surface area contributed by atoms with Crippen molar-refractivity contribution in [2.45, 2.75) is 13.0 Å². The van der Waals surface area contributed by atoms with Gasteiger partial charge < -0.3 is 20.7 Å². The number of nitro groups is 1. The first-order valence-electron chi connectivity index (χ1n) is 8.18. The fourth-order valence-electron chi connectivity index (χ4n) is 2.10. The summed E-state index contributed by atoms with van der Waals surface area (Å²) in [6, 6.07) is 12.4. The number of benzene rings is 2. The van der Waals surface area contributed by atoms with Gasteiger partial charge in [0.2, 0.25) is 0 Å². The van der Waals surface area contributed by atoms with Gasteiger partial charge in [0.1, 0.15) is 6.04 Å². The van der Waals surface area contributed by atoms with Crippen LogP contribution in [0.4, 0.5) is 21.9 Å². The minimum atomic E-state index is -0.991. The summed E-state index contributed by atoms with van der Waals surface area (Å²) < 4.78 is 4.84. The summed E-state index contributed by atoms with van der Waals surface area (Å²) in [5, 5.41) is 18.0. The number of hydrogen-bond donors (Lipinski definition) is 3. The molecule has 10 nitrogen and oxygen atoms in total. The number of nitrogens with zero attached hydrogens (tertiary/aromatic N) is 1. The highest BCUT2D eigenvalue weighted by molar-refractivity contribution is 5.95. The molecule has 0 spiro atoms. The molecule has 0 heterocycles. The molecule has 0 fully saturated rings. The third-order valence-electron chi connectivity index (χ3n) is 3.42. The van der Waals surface area contributed by atoms with Crippen molar-refractivity contribution in [2.75, 3.05) is 17.2 Å². The molecule has 0 aliphatic carbocycles. The standard InChI is InChI=1S/C18H18N4O6/c1-12(19-18(25)21-13-6-3-2-4-7-13)17(24)28-11-16(23)20-14-8-5-9-15(10-14)22(26)27/h2-10,12H,11H2,1H3,(H,20,23)(H2,19,21,25)/t12-/m0/s1. The molecule has 3 N–H and O–H groups in total. The molecule has 1 atom stereocenters. The van der Waals surface area contributed by atoms with Gasteiger partial charge in [-0.1, -0.05) is 24.3 Å². The van der Waals surface area contributed by atoms with Gasteiger partial charge in [-0.3, -0.25) is 14.9 Å². The van der Waals surface area contributed by atoms with Crippen molar-refractivity contribution in [3.05, 3.63) is 64.7 Å². The normalized spacial score (nSPS) is 11.0. The highest BCUT2D eigenvalue weighted by atomic mass is 16.6. The summed E-state index contributed by atoms with van der Waals surface area (Å²) in [6.07, 6.45) is 0. The smallest absolute Gasteiger partial charge is 0.328 e. The van der Waals surface area contributed by atoms with E-state index in [2.05, 4.69) is 16.0 Å². The summed E-state index contributed by atoms with van der Waals surface area (Å²) in [5.74, 6) is -1.48. The summed E-state index contributed by atoms with van der Waals surface area (Å²) in [7, 11) is 0. The van der Waals surface area contributed by atoms with Crippen LogP contribution >= 0.6 is 0 Å². The zero-order chi connectivity index (χ0) is 20.5. The molecule has 0 bridgehead atoms. The number of ether oxygens (including phenoxy) is 1. The largest absolute Gasteiger partial charge is 0.454 e. The average molecular weight is 386 g/mol. The second-order valence-corrected chi connectivity index (χ2v) is 5.65. The molecule has 2 rings (SSSR count). The van der Waals surface area contributed by atoms with Gasteiger partial charge in [0.15, 0.2) is 6.61 Å². The lowest BCUT2D eigenvalue weighted by Crippen LogP contribution is -2.42. The Balaban J connectivity index is 1.77. The van der Waals surface area contributed by atoms with Crippen molar-refractivity contribution in [3.63, 3.8) is 0 Å². The molecule has 146 valence electrons. The zero-order valence-electron chi connectivity index (χ0n) is 14.9. The number of carbonyl (C=O) groups is 3. The number of anilines is 2. The number of rotatable bonds is 7. The number of para-hydroxylation sites is 1. The second-order valence-electron chi connectivity index (χ2n) is 5.65. The lowest BCUT2D eigenvalue weighted by molar-refractivity contribution is -0.384. The van der Waals surface area contributed by atoms with E-state index in [1.54, 1.807) is 30.3 Å². The Hall–Kier alpha value is -3.95. The molecule has 2 aromatic rings. The van der Waals surface area contributed by atoms with Crippen LogP contribution in [0.15, 0.2) is 54.6 Å². The van der Waals surface area contributed by atoms with Crippen LogP contribution < -0.4 is 16.0 Å². The topological polar surface area (TPSA) is 140 Å². The number of amides is 3. The SMILES string of the molecule is C[C@H](NC(=O)Nc1ccccc1)C(=O)OCC(=O)Nc1cccc([N+](=O)[O-])c1. The molecule has 28 heavy (non-hydrogen) atoms. The van der Waals surface area contributed by atoms with Crippen LogP contribution in [0.1, 0.15) is 6.92 Å². The van der Waals surface area contributed by atoms with E-state index < -0.39 is 35.5 Å². The molecule has 0 radical (unpaired) electrons. The summed E-state index contributed by atoms with van der Waals surface area (Å²) >= 11 is 0. The first-order valence-corrected chi connectivity index (χ1v) is 8.18. The van der Waals surface area contributed by atoms with Gasteiger partial charge >= 0.3 is 12.0 Å². The number of non-ortho nitro benzene ring substituents is 1. The fourth-order valence-corrected chi connectivity index (χ4v) is 2.10. The Labute approximate surface area is 160 Å². The number of urea groups is 1. The van der Waals surface area contributed by atoms with Gasteiger partial charge in [0.25, 0.3) is 11.6 Å². The monoisotopic (exact) mass is 386 g/mol. The predicted molar refractivity (Wildman–Crippen MR) is 101 cm³/mol. The van der Waals surface area contributed by atoms with Crippen LogP contribution in [0.2, 0.25) is 0 Å². The number of nitrogens with one attached hydrogen (secondary N) is 3. The summed E-state index contributed by atoms with van der Waals surface area (Å²) in [4.78, 5) is 45.7. The van der Waals surface area contributed by atoms with E-state index in [1.807, 2.05) is 0 Å². The Morgan fingerprint density at radius 2 is 1.71 bits per heavy atom. The Morgan fingerprint density at radius 3 is 2.39 bits per heavy atom. The minimum Gasteiger partial charge on any atom is -0.454 e. The number of nitro benzene ring substituents is 1. The van der Waals surface area contributed by atoms with Crippen LogP contribution in [0.5, 0.6) is 0 Å². The van der Waals surface area contributed by atoms with Crippen LogP contribution in [0.25, 0.3) is 0 Å². The molecule has 0 aliphatic heterocycles.